The Hall–Kier alpha value is -3.56. The zero-order valence-electron chi connectivity index (χ0n) is 19.6. The van der Waals surface area contributed by atoms with Gasteiger partial charge in [-0.05, 0) is 43.1 Å². The molecule has 7 rings (SSSR count). The standard InChI is InChI=1S/C26H25N7OS/c1-30-12-16-14-32(15-17(16)13-30)26-28-11-19-23(34)22(31(2)18-7-9-27-10-8-18)25-33(24(19)29-26)20-5-3-4-6-21(20)35-25/h3-11,16-17H,12-15H2,1-2H3. The van der Waals surface area contributed by atoms with E-state index >= 15 is 0 Å². The number of benzene rings is 1. The number of aromatic nitrogens is 4. The predicted octanol–water partition coefficient (Wildman–Crippen LogP) is 3.62. The molecule has 2 saturated heterocycles. The van der Waals surface area contributed by atoms with Crippen LogP contribution in [0.15, 0.2) is 59.8 Å². The first-order valence-corrected chi connectivity index (χ1v) is 12.7. The van der Waals surface area contributed by atoms with Crippen LogP contribution in [0, 0.1) is 11.8 Å². The van der Waals surface area contributed by atoms with Gasteiger partial charge in [-0.15, -0.1) is 11.3 Å². The van der Waals surface area contributed by atoms with Gasteiger partial charge in [0.25, 0.3) is 0 Å². The van der Waals surface area contributed by atoms with Gasteiger partial charge in [-0.1, -0.05) is 12.1 Å². The maximum absolute atomic E-state index is 13.9. The molecule has 0 amide bonds. The van der Waals surface area contributed by atoms with E-state index in [9.17, 15) is 4.79 Å². The third-order valence-corrected chi connectivity index (χ3v) is 8.62. The first-order valence-electron chi connectivity index (χ1n) is 11.9. The quantitative estimate of drug-likeness (QED) is 0.388. The van der Waals surface area contributed by atoms with Crippen LogP contribution in [0.4, 0.5) is 17.3 Å². The Labute approximate surface area is 206 Å². The zero-order chi connectivity index (χ0) is 23.7. The number of rotatable bonds is 3. The van der Waals surface area contributed by atoms with E-state index in [1.807, 2.05) is 36.2 Å². The topological polar surface area (TPSA) is 69.9 Å². The highest BCUT2D eigenvalue weighted by molar-refractivity contribution is 7.24. The van der Waals surface area contributed by atoms with E-state index in [1.54, 1.807) is 29.9 Å². The van der Waals surface area contributed by atoms with E-state index < -0.39 is 0 Å². The second kappa shape index (κ2) is 7.73. The Balaban J connectivity index is 1.46. The van der Waals surface area contributed by atoms with Gasteiger partial charge in [-0.2, -0.15) is 4.98 Å². The minimum absolute atomic E-state index is 0.0580. The molecule has 2 fully saturated rings. The summed E-state index contributed by atoms with van der Waals surface area (Å²) in [6.07, 6.45) is 5.21. The van der Waals surface area contributed by atoms with Crippen LogP contribution in [-0.4, -0.2) is 64.5 Å². The highest BCUT2D eigenvalue weighted by atomic mass is 32.1. The summed E-state index contributed by atoms with van der Waals surface area (Å²) in [4.78, 5) is 35.3. The molecule has 0 aliphatic carbocycles. The molecule has 9 heteroatoms. The summed E-state index contributed by atoms with van der Waals surface area (Å²) in [7, 11) is 4.12. The summed E-state index contributed by atoms with van der Waals surface area (Å²) in [6.45, 7) is 4.17. The van der Waals surface area contributed by atoms with E-state index in [4.69, 9.17) is 9.97 Å². The lowest BCUT2D eigenvalue weighted by Crippen LogP contribution is -2.28. The maximum Gasteiger partial charge on any atom is 0.227 e. The van der Waals surface area contributed by atoms with Gasteiger partial charge in [0.15, 0.2) is 5.65 Å². The van der Waals surface area contributed by atoms with Crippen LogP contribution in [0.5, 0.6) is 0 Å². The largest absolute Gasteiger partial charge is 0.340 e. The van der Waals surface area contributed by atoms with Gasteiger partial charge < -0.3 is 14.7 Å². The molecule has 176 valence electrons. The van der Waals surface area contributed by atoms with E-state index in [1.165, 1.54) is 0 Å². The number of anilines is 3. The van der Waals surface area contributed by atoms with Gasteiger partial charge >= 0.3 is 0 Å². The van der Waals surface area contributed by atoms with Crippen LogP contribution in [0.3, 0.4) is 0 Å². The summed E-state index contributed by atoms with van der Waals surface area (Å²) < 4.78 is 3.25. The van der Waals surface area contributed by atoms with E-state index in [0.29, 0.717) is 34.5 Å². The SMILES string of the molecule is CN1CC2CN(c3ncc4c(=O)c(N(C)c5ccncc5)c5sc6ccccc6n5c4n3)CC2C1. The van der Waals surface area contributed by atoms with Crippen LogP contribution in [0.1, 0.15) is 0 Å². The van der Waals surface area contributed by atoms with Crippen molar-refractivity contribution in [3.8, 4) is 0 Å². The summed E-state index contributed by atoms with van der Waals surface area (Å²) in [5.74, 6) is 2.02. The average molecular weight is 484 g/mol. The number of pyridine rings is 2. The molecule has 2 aliphatic heterocycles. The lowest BCUT2D eigenvalue weighted by atomic mass is 10.0. The molecule has 2 unspecified atom stereocenters. The highest BCUT2D eigenvalue weighted by Crippen LogP contribution is 2.37. The number of thiazole rings is 1. The van der Waals surface area contributed by atoms with Crippen molar-refractivity contribution in [2.45, 2.75) is 0 Å². The highest BCUT2D eigenvalue weighted by Gasteiger charge is 2.39. The Morgan fingerprint density at radius 1 is 1.03 bits per heavy atom. The number of fused-ring (bicyclic) bond motifs is 6. The Kier molecular flexibility index (Phi) is 4.59. The summed E-state index contributed by atoms with van der Waals surface area (Å²) >= 11 is 1.62. The predicted molar refractivity (Wildman–Crippen MR) is 141 cm³/mol. The fourth-order valence-corrected chi connectivity index (χ4v) is 7.03. The molecule has 0 bridgehead atoms. The first-order chi connectivity index (χ1) is 17.1. The molecule has 4 aromatic heterocycles. The van der Waals surface area contributed by atoms with Crippen LogP contribution in [0.2, 0.25) is 0 Å². The molecular formula is C26H25N7OS. The Morgan fingerprint density at radius 3 is 2.54 bits per heavy atom. The van der Waals surface area contributed by atoms with Crippen LogP contribution in [-0.2, 0) is 0 Å². The molecule has 5 aromatic rings. The van der Waals surface area contributed by atoms with Crippen molar-refractivity contribution in [2.75, 3.05) is 50.1 Å². The normalized spacial score (nSPS) is 20.3. The molecule has 0 N–H and O–H groups in total. The van der Waals surface area contributed by atoms with E-state index in [2.05, 4.69) is 38.4 Å². The molecule has 0 radical (unpaired) electrons. The lowest BCUT2D eigenvalue weighted by Gasteiger charge is -2.21. The van der Waals surface area contributed by atoms with Crippen LogP contribution in [0.25, 0.3) is 26.1 Å². The van der Waals surface area contributed by atoms with E-state index in [-0.39, 0.29) is 5.43 Å². The summed E-state index contributed by atoms with van der Waals surface area (Å²) in [5.41, 5.74) is 3.19. The van der Waals surface area contributed by atoms with Gasteiger partial charge in [0, 0.05) is 57.5 Å². The third-order valence-electron chi connectivity index (χ3n) is 7.48. The average Bonchev–Trinajstić information content (AvgIpc) is 3.55. The van der Waals surface area contributed by atoms with Crippen molar-refractivity contribution in [1.82, 2.24) is 24.3 Å². The monoisotopic (exact) mass is 483 g/mol. The molecule has 2 atom stereocenters. The molecule has 0 spiro atoms. The third kappa shape index (κ3) is 3.15. The smallest absolute Gasteiger partial charge is 0.227 e. The van der Waals surface area contributed by atoms with Gasteiger partial charge in [-0.3, -0.25) is 14.2 Å². The second-order valence-electron chi connectivity index (χ2n) is 9.71. The maximum atomic E-state index is 13.9. The molecule has 1 aromatic carbocycles. The molecule has 0 saturated carbocycles. The molecule has 8 nitrogen and oxygen atoms in total. The lowest BCUT2D eigenvalue weighted by molar-refractivity contribution is 0.386. The molecule has 6 heterocycles. The fourth-order valence-electron chi connectivity index (χ4n) is 5.81. The van der Waals surface area contributed by atoms with Crippen molar-refractivity contribution in [3.63, 3.8) is 0 Å². The second-order valence-corrected chi connectivity index (χ2v) is 10.7. The van der Waals surface area contributed by atoms with Crippen molar-refractivity contribution in [1.29, 1.82) is 0 Å². The summed E-state index contributed by atoms with van der Waals surface area (Å²) in [5, 5.41) is 0.532. The summed E-state index contributed by atoms with van der Waals surface area (Å²) in [6, 6.07) is 12.1. The van der Waals surface area contributed by atoms with Gasteiger partial charge in [0.1, 0.15) is 10.5 Å². The number of likely N-dealkylation sites (tertiary alicyclic amines) is 1. The van der Waals surface area contributed by atoms with Gasteiger partial charge in [0.2, 0.25) is 11.4 Å². The minimum atomic E-state index is -0.0580. The molecule has 2 aliphatic rings. The number of hydrogen-bond donors (Lipinski definition) is 0. The minimum Gasteiger partial charge on any atom is -0.340 e. The molecule has 35 heavy (non-hydrogen) atoms. The molecular weight excluding hydrogens is 458 g/mol. The van der Waals surface area contributed by atoms with Crippen molar-refractivity contribution < 1.29 is 0 Å². The Bertz CT molecular complexity index is 1630. The van der Waals surface area contributed by atoms with Crippen LogP contribution >= 0.6 is 11.3 Å². The Morgan fingerprint density at radius 2 is 1.77 bits per heavy atom. The van der Waals surface area contributed by atoms with Crippen molar-refractivity contribution in [2.24, 2.45) is 11.8 Å². The van der Waals surface area contributed by atoms with Gasteiger partial charge in [0.05, 0.1) is 15.6 Å². The number of nitrogens with zero attached hydrogens (tertiary/aromatic N) is 7. The first kappa shape index (κ1) is 20.8. The van der Waals surface area contributed by atoms with Crippen LogP contribution < -0.4 is 15.2 Å². The fraction of sp³-hybridized carbons (Fsp3) is 0.308. The van der Waals surface area contributed by atoms with Crippen molar-refractivity contribution in [3.05, 3.63) is 65.2 Å². The number of para-hydroxylation sites is 1. The van der Waals surface area contributed by atoms with Gasteiger partial charge in [-0.25, -0.2) is 4.98 Å². The van der Waals surface area contributed by atoms with E-state index in [0.717, 1.165) is 46.9 Å². The van der Waals surface area contributed by atoms with Crippen molar-refractivity contribution >= 4 is 54.7 Å². The number of hydrogen-bond acceptors (Lipinski definition) is 8. The zero-order valence-corrected chi connectivity index (χ0v) is 20.4.